The Balaban J connectivity index is 0.000000494. The number of carbonyl (C=O) groups is 1. The Kier molecular flexibility index (Phi) is 10.4. The maximum absolute atomic E-state index is 9.25. The molecule has 0 spiro atoms. The normalized spacial score (nSPS) is 9.61. The van der Waals surface area contributed by atoms with Crippen molar-refractivity contribution in [2.24, 2.45) is 0 Å². The van der Waals surface area contributed by atoms with Gasteiger partial charge in [-0.15, -0.1) is 0 Å². The molecule has 2 N–H and O–H groups in total. The summed E-state index contributed by atoms with van der Waals surface area (Å²) in [4.78, 5) is 9.25. The second-order valence-corrected chi connectivity index (χ2v) is 3.57. The van der Waals surface area contributed by atoms with E-state index in [2.05, 4.69) is 30.9 Å². The lowest BCUT2D eigenvalue weighted by Gasteiger charge is -1.92. The summed E-state index contributed by atoms with van der Waals surface area (Å²) in [6.07, 6.45) is 8.14. The predicted octanol–water partition coefficient (Wildman–Crippen LogP) is 3.12. The number of allylic oxidation sites excluding steroid dienone is 1. The van der Waals surface area contributed by atoms with E-state index < -0.39 is 5.97 Å². The minimum absolute atomic E-state index is 0.305. The first kappa shape index (κ1) is 16.1. The number of hydrogen-bond donors (Lipinski definition) is 2. The second kappa shape index (κ2) is 11.6. The first-order valence-corrected chi connectivity index (χ1v) is 5.88. The number of aliphatic hydroxyl groups excluding tert-OH is 1. The molecule has 1 aromatic rings. The van der Waals surface area contributed by atoms with Crippen molar-refractivity contribution in [1.29, 1.82) is 0 Å². The number of carboxylic acid groups (broad SMARTS) is 1. The van der Waals surface area contributed by atoms with Gasteiger partial charge >= 0.3 is 5.97 Å². The summed E-state index contributed by atoms with van der Waals surface area (Å²) in [5.41, 5.74) is 1.24. The van der Waals surface area contributed by atoms with Crippen LogP contribution in [0.15, 0.2) is 49.1 Å². The molecule has 0 aromatic heterocycles. The summed E-state index contributed by atoms with van der Waals surface area (Å²) in [6.45, 7) is 3.27. The van der Waals surface area contributed by atoms with Gasteiger partial charge in [0.2, 0.25) is 0 Å². The molecule has 0 saturated carbocycles. The largest absolute Gasteiger partial charge is 0.478 e. The van der Waals surface area contributed by atoms with Crippen LogP contribution in [0.3, 0.4) is 0 Å². The molecule has 0 heterocycles. The zero-order chi connectivity index (χ0) is 13.6. The average Bonchev–Trinajstić information content (AvgIpc) is 2.40. The fourth-order valence-electron chi connectivity index (χ4n) is 1.16. The first-order chi connectivity index (χ1) is 8.70. The molecule has 0 aliphatic carbocycles. The van der Waals surface area contributed by atoms with E-state index >= 15 is 0 Å². The van der Waals surface area contributed by atoms with Crippen LogP contribution in [0.4, 0.5) is 0 Å². The Bertz CT molecular complexity index is 355. The van der Waals surface area contributed by atoms with Crippen LogP contribution in [-0.4, -0.2) is 22.8 Å². The summed E-state index contributed by atoms with van der Waals surface area (Å²) in [6, 6.07) is 10.3. The number of hydrogen-bond acceptors (Lipinski definition) is 2. The van der Waals surface area contributed by atoms with E-state index in [0.717, 1.165) is 25.3 Å². The molecule has 0 bridgehead atoms. The van der Waals surface area contributed by atoms with Crippen LogP contribution < -0.4 is 0 Å². The lowest BCUT2D eigenvalue weighted by atomic mass is 10.2. The van der Waals surface area contributed by atoms with Crippen LogP contribution in [0, 0.1) is 0 Å². The van der Waals surface area contributed by atoms with E-state index in [9.17, 15) is 4.79 Å². The number of benzene rings is 1. The number of unbranched alkanes of at least 4 members (excludes halogenated alkanes) is 2. The molecular weight excluding hydrogens is 228 g/mol. The molecule has 0 aliphatic rings. The highest BCUT2D eigenvalue weighted by molar-refractivity contribution is 5.78. The van der Waals surface area contributed by atoms with Crippen molar-refractivity contribution in [3.63, 3.8) is 0 Å². The van der Waals surface area contributed by atoms with E-state index in [-0.39, 0.29) is 0 Å². The monoisotopic (exact) mass is 248 g/mol. The molecule has 1 rings (SSSR count). The smallest absolute Gasteiger partial charge is 0.327 e. The number of carboxylic acids is 1. The van der Waals surface area contributed by atoms with E-state index in [1.807, 2.05) is 18.2 Å². The van der Waals surface area contributed by atoms with Gasteiger partial charge in [-0.1, -0.05) is 49.1 Å². The molecule has 3 nitrogen and oxygen atoms in total. The third-order valence-electron chi connectivity index (χ3n) is 2.06. The molecule has 0 fully saturated rings. The van der Waals surface area contributed by atoms with Gasteiger partial charge < -0.3 is 10.2 Å². The van der Waals surface area contributed by atoms with Crippen molar-refractivity contribution >= 4 is 12.0 Å². The van der Waals surface area contributed by atoms with E-state index in [1.54, 1.807) is 0 Å². The minimum atomic E-state index is -0.981. The van der Waals surface area contributed by atoms with Crippen molar-refractivity contribution in [2.75, 3.05) is 6.61 Å². The van der Waals surface area contributed by atoms with Crippen molar-refractivity contribution in [3.05, 3.63) is 54.6 Å². The molecule has 98 valence electrons. The van der Waals surface area contributed by atoms with Gasteiger partial charge in [-0.2, -0.15) is 0 Å². The van der Waals surface area contributed by atoms with Crippen molar-refractivity contribution in [1.82, 2.24) is 0 Å². The lowest BCUT2D eigenvalue weighted by molar-refractivity contribution is -0.131. The molecule has 0 aliphatic heterocycles. The molecule has 0 unspecified atom stereocenters. The maximum Gasteiger partial charge on any atom is 0.327 e. The van der Waals surface area contributed by atoms with E-state index in [4.69, 9.17) is 10.2 Å². The molecule has 18 heavy (non-hydrogen) atoms. The summed E-state index contributed by atoms with van der Waals surface area (Å²) in [5.74, 6) is -0.981. The third-order valence-corrected chi connectivity index (χ3v) is 2.06. The SMILES string of the molecule is C=CC(=O)O.OCCCCC=Cc1ccccc1. The van der Waals surface area contributed by atoms with E-state index in [1.165, 1.54) is 5.56 Å². The van der Waals surface area contributed by atoms with Gasteiger partial charge in [0.05, 0.1) is 0 Å². The molecule has 0 radical (unpaired) electrons. The Morgan fingerprint density at radius 2 is 1.83 bits per heavy atom. The van der Waals surface area contributed by atoms with Gasteiger partial charge in [0.15, 0.2) is 0 Å². The topological polar surface area (TPSA) is 57.5 Å². The molecule has 1 aromatic carbocycles. The number of rotatable bonds is 6. The molecule has 0 amide bonds. The van der Waals surface area contributed by atoms with Crippen LogP contribution in [0.5, 0.6) is 0 Å². The predicted molar refractivity (Wildman–Crippen MR) is 74.2 cm³/mol. The van der Waals surface area contributed by atoms with Crippen LogP contribution in [0.25, 0.3) is 6.08 Å². The number of aliphatic carboxylic acids is 1. The van der Waals surface area contributed by atoms with E-state index in [0.29, 0.717) is 6.61 Å². The fraction of sp³-hybridized carbons (Fsp3) is 0.267. The Labute approximate surface area is 108 Å². The highest BCUT2D eigenvalue weighted by Crippen LogP contribution is 2.03. The van der Waals surface area contributed by atoms with Crippen LogP contribution in [0.1, 0.15) is 24.8 Å². The highest BCUT2D eigenvalue weighted by Gasteiger charge is 1.84. The summed E-state index contributed by atoms with van der Waals surface area (Å²) >= 11 is 0. The van der Waals surface area contributed by atoms with Gasteiger partial charge in [0, 0.05) is 12.7 Å². The zero-order valence-electron chi connectivity index (χ0n) is 10.5. The van der Waals surface area contributed by atoms with Crippen molar-refractivity contribution in [2.45, 2.75) is 19.3 Å². The summed E-state index contributed by atoms with van der Waals surface area (Å²) in [7, 11) is 0. The van der Waals surface area contributed by atoms with Gasteiger partial charge in [-0.3, -0.25) is 0 Å². The second-order valence-electron chi connectivity index (χ2n) is 3.57. The van der Waals surface area contributed by atoms with Crippen LogP contribution in [0.2, 0.25) is 0 Å². The Hall–Kier alpha value is -1.87. The Morgan fingerprint density at radius 1 is 1.22 bits per heavy atom. The average molecular weight is 248 g/mol. The fourth-order valence-corrected chi connectivity index (χ4v) is 1.16. The minimum Gasteiger partial charge on any atom is -0.478 e. The standard InChI is InChI=1S/C12H16O.C3H4O2/c13-11-7-2-1-4-8-12-9-5-3-6-10-12;1-2-3(4)5/h3-6,8-10,13H,1-2,7,11H2;2H,1H2,(H,4,5). The first-order valence-electron chi connectivity index (χ1n) is 5.88. The molecule has 0 atom stereocenters. The van der Waals surface area contributed by atoms with Crippen molar-refractivity contribution < 1.29 is 15.0 Å². The van der Waals surface area contributed by atoms with Crippen LogP contribution >= 0.6 is 0 Å². The Morgan fingerprint density at radius 3 is 2.33 bits per heavy atom. The summed E-state index contributed by atoms with van der Waals surface area (Å²) in [5, 5.41) is 16.2. The number of aliphatic hydroxyl groups is 1. The van der Waals surface area contributed by atoms with Crippen LogP contribution in [-0.2, 0) is 4.79 Å². The van der Waals surface area contributed by atoms with Gasteiger partial charge in [0.25, 0.3) is 0 Å². The lowest BCUT2D eigenvalue weighted by Crippen LogP contribution is -1.82. The maximum atomic E-state index is 9.25. The zero-order valence-corrected chi connectivity index (χ0v) is 10.5. The quantitative estimate of drug-likeness (QED) is 0.600. The van der Waals surface area contributed by atoms with Gasteiger partial charge in [-0.05, 0) is 24.8 Å². The molecular formula is C15H20O3. The van der Waals surface area contributed by atoms with Gasteiger partial charge in [0.1, 0.15) is 0 Å². The highest BCUT2D eigenvalue weighted by atomic mass is 16.4. The van der Waals surface area contributed by atoms with Crippen molar-refractivity contribution in [3.8, 4) is 0 Å². The molecule has 3 heteroatoms. The van der Waals surface area contributed by atoms with Gasteiger partial charge in [-0.25, -0.2) is 4.79 Å². The summed E-state index contributed by atoms with van der Waals surface area (Å²) < 4.78 is 0. The molecule has 0 saturated heterocycles. The third kappa shape index (κ3) is 10.6.